The molecule has 0 aliphatic rings. The minimum atomic E-state index is -0.898. The van der Waals surface area contributed by atoms with Crippen LogP contribution in [0.3, 0.4) is 0 Å². The van der Waals surface area contributed by atoms with Crippen LogP contribution in [-0.4, -0.2) is 17.0 Å². The Kier molecular flexibility index (Phi) is 5.55. The van der Waals surface area contributed by atoms with Crippen LogP contribution in [0.15, 0.2) is 24.3 Å². The summed E-state index contributed by atoms with van der Waals surface area (Å²) in [6.07, 6.45) is 0.905. The molecule has 2 N–H and O–H groups in total. The molecule has 1 aromatic rings. The Hall–Kier alpha value is -2.35. The molecule has 0 aromatic heterocycles. The minimum Gasteiger partial charge on any atom is -0.481 e. The lowest BCUT2D eigenvalue weighted by Crippen LogP contribution is -2.23. The number of aliphatic carboxylic acids is 1. The summed E-state index contributed by atoms with van der Waals surface area (Å²) in [6.45, 7) is 1.85. The van der Waals surface area contributed by atoms with Gasteiger partial charge in [-0.05, 0) is 37.1 Å². The molecule has 100 valence electrons. The number of carbonyl (C=O) groups excluding carboxylic acids is 1. The van der Waals surface area contributed by atoms with E-state index in [-0.39, 0.29) is 18.2 Å². The van der Waals surface area contributed by atoms with E-state index >= 15 is 0 Å². The first-order valence-corrected chi connectivity index (χ1v) is 6.09. The molecule has 1 unspecified atom stereocenters. The molecule has 5 heteroatoms. The van der Waals surface area contributed by atoms with Crippen molar-refractivity contribution < 1.29 is 14.7 Å². The van der Waals surface area contributed by atoms with Crippen LogP contribution in [0.25, 0.3) is 0 Å². The fourth-order valence-corrected chi connectivity index (χ4v) is 1.69. The van der Waals surface area contributed by atoms with Crippen molar-refractivity contribution in [1.82, 2.24) is 0 Å². The third kappa shape index (κ3) is 4.80. The number of carboxylic acid groups (broad SMARTS) is 1. The van der Waals surface area contributed by atoms with Crippen molar-refractivity contribution in [2.75, 3.05) is 5.32 Å². The summed E-state index contributed by atoms with van der Waals surface area (Å²) in [4.78, 5) is 22.5. The van der Waals surface area contributed by atoms with E-state index in [1.807, 2.05) is 13.0 Å². The lowest BCUT2D eigenvalue weighted by Gasteiger charge is -2.13. The van der Waals surface area contributed by atoms with Gasteiger partial charge in [0.25, 0.3) is 0 Å². The van der Waals surface area contributed by atoms with Crippen LogP contribution in [0.4, 0.5) is 5.69 Å². The molecule has 0 fully saturated rings. The number of rotatable bonds is 6. The Bertz CT molecular complexity index is 488. The zero-order valence-electron chi connectivity index (χ0n) is 10.7. The normalized spacial score (nSPS) is 11.4. The molecule has 0 aliphatic carbocycles. The summed E-state index contributed by atoms with van der Waals surface area (Å²) in [5.41, 5.74) is 1.13. The van der Waals surface area contributed by atoms with Crippen LogP contribution in [-0.2, 0) is 9.59 Å². The van der Waals surface area contributed by atoms with Gasteiger partial charge in [-0.15, -0.1) is 0 Å². The van der Waals surface area contributed by atoms with Crippen LogP contribution < -0.4 is 5.32 Å². The second-order valence-electron chi connectivity index (χ2n) is 4.22. The highest BCUT2D eigenvalue weighted by Crippen LogP contribution is 2.15. The lowest BCUT2D eigenvalue weighted by atomic mass is 9.99. The maximum Gasteiger partial charge on any atom is 0.303 e. The zero-order chi connectivity index (χ0) is 14.3. The lowest BCUT2D eigenvalue weighted by molar-refractivity contribution is -0.137. The van der Waals surface area contributed by atoms with E-state index < -0.39 is 5.97 Å². The average Bonchev–Trinajstić information content (AvgIpc) is 2.40. The highest BCUT2D eigenvalue weighted by molar-refractivity contribution is 5.92. The number of nitriles is 1. The molecule has 0 spiro atoms. The Morgan fingerprint density at radius 1 is 1.37 bits per heavy atom. The number of benzene rings is 1. The molecule has 0 bridgehead atoms. The van der Waals surface area contributed by atoms with Crippen molar-refractivity contribution in [3.63, 3.8) is 0 Å². The number of amides is 1. The minimum absolute atomic E-state index is 0.0146. The number of carbonyl (C=O) groups is 2. The Morgan fingerprint density at radius 2 is 2.00 bits per heavy atom. The van der Waals surface area contributed by atoms with Gasteiger partial charge in [0.2, 0.25) is 5.91 Å². The van der Waals surface area contributed by atoms with Crippen LogP contribution in [0.2, 0.25) is 0 Å². The van der Waals surface area contributed by atoms with E-state index in [2.05, 4.69) is 5.32 Å². The first kappa shape index (κ1) is 14.7. The number of hydrogen-bond acceptors (Lipinski definition) is 3. The number of hydrogen-bond donors (Lipinski definition) is 2. The molecule has 0 radical (unpaired) electrons. The monoisotopic (exact) mass is 260 g/mol. The van der Waals surface area contributed by atoms with Gasteiger partial charge in [-0.25, -0.2) is 0 Å². The molecule has 1 amide bonds. The van der Waals surface area contributed by atoms with Crippen molar-refractivity contribution in [2.45, 2.75) is 26.2 Å². The quantitative estimate of drug-likeness (QED) is 0.821. The maximum atomic E-state index is 11.9. The predicted molar refractivity (Wildman–Crippen MR) is 70.4 cm³/mol. The molecule has 1 rings (SSSR count). The fourth-order valence-electron chi connectivity index (χ4n) is 1.69. The van der Waals surface area contributed by atoms with Crippen molar-refractivity contribution in [1.29, 1.82) is 5.26 Å². The Balaban J connectivity index is 2.60. The zero-order valence-corrected chi connectivity index (χ0v) is 10.7. The molecule has 0 saturated heterocycles. The van der Waals surface area contributed by atoms with Gasteiger partial charge in [-0.3, -0.25) is 9.59 Å². The van der Waals surface area contributed by atoms with Gasteiger partial charge in [0.1, 0.15) is 0 Å². The molecule has 0 saturated carbocycles. The topological polar surface area (TPSA) is 90.2 Å². The van der Waals surface area contributed by atoms with Crippen LogP contribution in [0.5, 0.6) is 0 Å². The molecule has 19 heavy (non-hydrogen) atoms. The van der Waals surface area contributed by atoms with E-state index in [1.54, 1.807) is 24.3 Å². The maximum absolute atomic E-state index is 11.9. The highest BCUT2D eigenvalue weighted by Gasteiger charge is 2.17. The smallest absolute Gasteiger partial charge is 0.303 e. The molecular formula is C14H16N2O3. The van der Waals surface area contributed by atoms with E-state index in [9.17, 15) is 9.59 Å². The van der Waals surface area contributed by atoms with Gasteiger partial charge in [-0.1, -0.05) is 6.92 Å². The van der Waals surface area contributed by atoms with E-state index in [0.717, 1.165) is 0 Å². The molecular weight excluding hydrogens is 244 g/mol. The SMILES string of the molecule is CCC(CCC(=O)O)C(=O)Nc1ccc(C#N)cc1. The highest BCUT2D eigenvalue weighted by atomic mass is 16.4. The molecule has 0 heterocycles. The number of carboxylic acids is 1. The summed E-state index contributed by atoms with van der Waals surface area (Å²) >= 11 is 0. The van der Waals surface area contributed by atoms with Crippen LogP contribution in [0, 0.1) is 17.2 Å². The summed E-state index contributed by atoms with van der Waals surface area (Å²) in [7, 11) is 0. The van der Waals surface area contributed by atoms with Crippen LogP contribution in [0.1, 0.15) is 31.7 Å². The summed E-state index contributed by atoms with van der Waals surface area (Å²) < 4.78 is 0. The summed E-state index contributed by atoms with van der Waals surface area (Å²) in [5, 5.41) is 20.0. The largest absolute Gasteiger partial charge is 0.481 e. The first-order chi connectivity index (χ1) is 9.06. The number of nitrogens with zero attached hydrogens (tertiary/aromatic N) is 1. The van der Waals surface area contributed by atoms with Crippen molar-refractivity contribution in [3.05, 3.63) is 29.8 Å². The van der Waals surface area contributed by atoms with Crippen molar-refractivity contribution in [2.24, 2.45) is 5.92 Å². The fraction of sp³-hybridized carbons (Fsp3) is 0.357. The number of anilines is 1. The second kappa shape index (κ2) is 7.17. The van der Waals surface area contributed by atoms with Gasteiger partial charge in [0, 0.05) is 18.0 Å². The summed E-state index contributed by atoms with van der Waals surface area (Å²) in [5.74, 6) is -1.40. The average molecular weight is 260 g/mol. The summed E-state index contributed by atoms with van der Waals surface area (Å²) in [6, 6.07) is 8.54. The van der Waals surface area contributed by atoms with Gasteiger partial charge in [0.05, 0.1) is 11.6 Å². The van der Waals surface area contributed by atoms with E-state index in [0.29, 0.717) is 24.1 Å². The molecule has 0 aliphatic heterocycles. The standard InChI is InChI=1S/C14H16N2O3/c1-2-11(5-8-13(17)18)14(19)16-12-6-3-10(9-15)4-7-12/h3-4,6-7,11H,2,5,8H2,1H3,(H,16,19)(H,17,18). The Morgan fingerprint density at radius 3 is 2.47 bits per heavy atom. The van der Waals surface area contributed by atoms with Gasteiger partial charge in [0.15, 0.2) is 0 Å². The Labute approximate surface area is 111 Å². The predicted octanol–water partition coefficient (Wildman–Crippen LogP) is 2.39. The first-order valence-electron chi connectivity index (χ1n) is 6.09. The van der Waals surface area contributed by atoms with E-state index in [1.165, 1.54) is 0 Å². The van der Waals surface area contributed by atoms with E-state index in [4.69, 9.17) is 10.4 Å². The molecule has 5 nitrogen and oxygen atoms in total. The van der Waals surface area contributed by atoms with Gasteiger partial charge >= 0.3 is 5.97 Å². The van der Waals surface area contributed by atoms with Crippen LogP contribution >= 0.6 is 0 Å². The third-order valence-electron chi connectivity index (χ3n) is 2.85. The number of nitrogens with one attached hydrogen (secondary N) is 1. The van der Waals surface area contributed by atoms with Gasteiger partial charge in [-0.2, -0.15) is 5.26 Å². The molecule has 1 atom stereocenters. The third-order valence-corrected chi connectivity index (χ3v) is 2.85. The van der Waals surface area contributed by atoms with Crippen molar-refractivity contribution >= 4 is 17.6 Å². The van der Waals surface area contributed by atoms with Gasteiger partial charge < -0.3 is 10.4 Å². The molecule has 1 aromatic carbocycles. The van der Waals surface area contributed by atoms with Crippen molar-refractivity contribution in [3.8, 4) is 6.07 Å². The second-order valence-corrected chi connectivity index (χ2v) is 4.22.